The van der Waals surface area contributed by atoms with E-state index >= 15 is 0 Å². The fraction of sp³-hybridized carbons (Fsp3) is 0.136. The molecule has 3 aromatic carbocycles. The van der Waals surface area contributed by atoms with Crippen LogP contribution in [0.1, 0.15) is 34.5 Å². The molecule has 0 saturated carbocycles. The maximum Gasteiger partial charge on any atom is 0.338 e. The average Bonchev–Trinajstić information content (AvgIpc) is 2.68. The van der Waals surface area contributed by atoms with Gasteiger partial charge in [0.05, 0.1) is 5.56 Å². The van der Waals surface area contributed by atoms with Crippen LogP contribution in [-0.4, -0.2) is 5.97 Å². The summed E-state index contributed by atoms with van der Waals surface area (Å²) >= 11 is 0. The van der Waals surface area contributed by atoms with Crippen molar-refractivity contribution in [1.29, 1.82) is 0 Å². The molecule has 0 aliphatic carbocycles. The van der Waals surface area contributed by atoms with E-state index < -0.39 is 0 Å². The topological polar surface area (TPSA) is 35.5 Å². The Hall–Kier alpha value is -3.07. The number of carbonyl (C=O) groups excluding carboxylic acids is 1. The summed E-state index contributed by atoms with van der Waals surface area (Å²) < 4.78 is 11.2. The number of benzene rings is 3. The first-order valence-electron chi connectivity index (χ1n) is 8.25. The van der Waals surface area contributed by atoms with Crippen LogP contribution < -0.4 is 4.74 Å². The Morgan fingerprint density at radius 3 is 2.08 bits per heavy atom. The molecule has 3 aromatic rings. The van der Waals surface area contributed by atoms with Crippen LogP contribution in [0, 0.1) is 0 Å². The summed E-state index contributed by atoms with van der Waals surface area (Å²) in [5.74, 6) is 0.377. The Morgan fingerprint density at radius 1 is 0.840 bits per heavy atom. The molecule has 0 unspecified atom stereocenters. The lowest BCUT2D eigenvalue weighted by atomic mass is 10.1. The number of hydrogen-bond acceptors (Lipinski definition) is 3. The molecule has 0 spiro atoms. The van der Waals surface area contributed by atoms with Gasteiger partial charge < -0.3 is 9.47 Å². The average molecular weight is 332 g/mol. The first kappa shape index (κ1) is 16.8. The molecule has 0 amide bonds. The number of carbonyl (C=O) groups is 1. The zero-order valence-electron chi connectivity index (χ0n) is 14.1. The van der Waals surface area contributed by atoms with Crippen LogP contribution in [0.5, 0.6) is 5.75 Å². The van der Waals surface area contributed by atoms with Crippen LogP contribution in [0.15, 0.2) is 84.9 Å². The highest BCUT2D eigenvalue weighted by molar-refractivity contribution is 5.89. The highest BCUT2D eigenvalue weighted by Gasteiger charge is 2.10. The smallest absolute Gasteiger partial charge is 0.338 e. The van der Waals surface area contributed by atoms with Crippen molar-refractivity contribution in [3.05, 3.63) is 102 Å². The highest BCUT2D eigenvalue weighted by Crippen LogP contribution is 2.22. The normalized spacial score (nSPS) is 11.6. The summed E-state index contributed by atoms with van der Waals surface area (Å²) in [6.45, 7) is 2.26. The van der Waals surface area contributed by atoms with Gasteiger partial charge >= 0.3 is 5.97 Å². The minimum atomic E-state index is -0.341. The largest absolute Gasteiger partial charge is 0.486 e. The van der Waals surface area contributed by atoms with Gasteiger partial charge in [0.1, 0.15) is 18.5 Å². The molecule has 0 aliphatic rings. The maximum atomic E-state index is 12.1. The van der Waals surface area contributed by atoms with Crippen LogP contribution in [0.2, 0.25) is 0 Å². The van der Waals surface area contributed by atoms with Crippen molar-refractivity contribution in [1.82, 2.24) is 0 Å². The van der Waals surface area contributed by atoms with E-state index in [1.807, 2.05) is 67.6 Å². The second kappa shape index (κ2) is 8.15. The molecule has 3 rings (SSSR count). The third kappa shape index (κ3) is 4.70. The molecule has 3 heteroatoms. The van der Waals surface area contributed by atoms with Gasteiger partial charge in [-0.2, -0.15) is 0 Å². The van der Waals surface area contributed by atoms with Gasteiger partial charge in [0.25, 0.3) is 0 Å². The van der Waals surface area contributed by atoms with E-state index in [2.05, 4.69) is 0 Å². The van der Waals surface area contributed by atoms with Gasteiger partial charge in [-0.15, -0.1) is 0 Å². The van der Waals surface area contributed by atoms with Gasteiger partial charge in [-0.05, 0) is 42.3 Å². The number of ether oxygens (including phenoxy) is 2. The molecule has 126 valence electrons. The SMILES string of the molecule is C[C@H](Oc1ccc(C(=O)OCc2ccccc2)cc1)c1ccccc1. The van der Waals surface area contributed by atoms with Crippen LogP contribution in [0.25, 0.3) is 0 Å². The molecule has 0 aromatic heterocycles. The standard InChI is InChI=1S/C22H20O3/c1-17(19-10-6-3-7-11-19)25-21-14-12-20(13-15-21)22(23)24-16-18-8-4-2-5-9-18/h2-15,17H,16H2,1H3/t17-/m0/s1. The molecule has 0 saturated heterocycles. The predicted octanol–water partition coefficient (Wildman–Crippen LogP) is 5.18. The monoisotopic (exact) mass is 332 g/mol. The Morgan fingerprint density at radius 2 is 1.44 bits per heavy atom. The molecule has 0 aliphatic heterocycles. The van der Waals surface area contributed by atoms with Gasteiger partial charge in [-0.3, -0.25) is 0 Å². The van der Waals surface area contributed by atoms with Gasteiger partial charge in [0, 0.05) is 0 Å². The van der Waals surface area contributed by atoms with Crippen molar-refractivity contribution in [2.75, 3.05) is 0 Å². The van der Waals surface area contributed by atoms with E-state index in [1.165, 1.54) is 0 Å². The van der Waals surface area contributed by atoms with Crippen molar-refractivity contribution in [2.24, 2.45) is 0 Å². The molecule has 0 fully saturated rings. The van der Waals surface area contributed by atoms with Crippen LogP contribution in [0.4, 0.5) is 0 Å². The van der Waals surface area contributed by atoms with Crippen LogP contribution in [-0.2, 0) is 11.3 Å². The summed E-state index contributed by atoms with van der Waals surface area (Å²) in [7, 11) is 0. The lowest BCUT2D eigenvalue weighted by Gasteiger charge is -2.15. The van der Waals surface area contributed by atoms with Crippen molar-refractivity contribution in [3.8, 4) is 5.75 Å². The quantitative estimate of drug-likeness (QED) is 0.583. The summed E-state index contributed by atoms with van der Waals surface area (Å²) in [6, 6.07) is 26.7. The lowest BCUT2D eigenvalue weighted by Crippen LogP contribution is -2.06. The van der Waals surface area contributed by atoms with Crippen LogP contribution in [0.3, 0.4) is 0 Å². The maximum absolute atomic E-state index is 12.1. The van der Waals surface area contributed by atoms with Gasteiger partial charge in [0.15, 0.2) is 0 Å². The van der Waals surface area contributed by atoms with Crippen LogP contribution >= 0.6 is 0 Å². The Kier molecular flexibility index (Phi) is 5.47. The van der Waals surface area contributed by atoms with E-state index in [0.717, 1.165) is 16.9 Å². The Bertz CT molecular complexity index is 796. The van der Waals surface area contributed by atoms with E-state index in [0.29, 0.717) is 5.56 Å². The van der Waals surface area contributed by atoms with Gasteiger partial charge in [0.2, 0.25) is 0 Å². The zero-order valence-corrected chi connectivity index (χ0v) is 14.1. The summed E-state index contributed by atoms with van der Waals surface area (Å²) in [5, 5.41) is 0. The minimum absolute atomic E-state index is 0.0583. The summed E-state index contributed by atoms with van der Waals surface area (Å²) in [6.07, 6.45) is -0.0583. The number of rotatable bonds is 6. The van der Waals surface area contributed by atoms with Crippen molar-refractivity contribution in [3.63, 3.8) is 0 Å². The lowest BCUT2D eigenvalue weighted by molar-refractivity contribution is 0.0472. The van der Waals surface area contributed by atoms with E-state index in [1.54, 1.807) is 24.3 Å². The molecule has 1 atom stereocenters. The third-order valence-electron chi connectivity index (χ3n) is 3.88. The zero-order chi connectivity index (χ0) is 17.5. The second-order valence-corrected chi connectivity index (χ2v) is 5.76. The molecule has 3 nitrogen and oxygen atoms in total. The molecular weight excluding hydrogens is 312 g/mol. The highest BCUT2D eigenvalue weighted by atomic mass is 16.5. The molecule has 0 N–H and O–H groups in total. The first-order valence-corrected chi connectivity index (χ1v) is 8.25. The first-order chi connectivity index (χ1) is 12.2. The summed E-state index contributed by atoms with van der Waals surface area (Å²) in [5.41, 5.74) is 2.58. The predicted molar refractivity (Wildman–Crippen MR) is 97.5 cm³/mol. The summed E-state index contributed by atoms with van der Waals surface area (Å²) in [4.78, 5) is 12.1. The van der Waals surface area contributed by atoms with Gasteiger partial charge in [-0.25, -0.2) is 4.79 Å². The second-order valence-electron chi connectivity index (χ2n) is 5.76. The number of esters is 1. The van der Waals surface area contributed by atoms with E-state index in [9.17, 15) is 4.79 Å². The van der Waals surface area contributed by atoms with E-state index in [4.69, 9.17) is 9.47 Å². The fourth-order valence-corrected chi connectivity index (χ4v) is 2.47. The molecule has 25 heavy (non-hydrogen) atoms. The Balaban J connectivity index is 1.57. The van der Waals surface area contributed by atoms with Crippen molar-refractivity contribution in [2.45, 2.75) is 19.6 Å². The Labute approximate surface area is 147 Å². The minimum Gasteiger partial charge on any atom is -0.486 e. The third-order valence-corrected chi connectivity index (χ3v) is 3.88. The van der Waals surface area contributed by atoms with Crippen molar-refractivity contribution < 1.29 is 14.3 Å². The van der Waals surface area contributed by atoms with E-state index in [-0.39, 0.29) is 18.7 Å². The molecular formula is C22H20O3. The fourth-order valence-electron chi connectivity index (χ4n) is 2.47. The molecule has 0 heterocycles. The molecule has 0 bridgehead atoms. The van der Waals surface area contributed by atoms with Crippen molar-refractivity contribution >= 4 is 5.97 Å². The number of hydrogen-bond donors (Lipinski definition) is 0. The molecule has 0 radical (unpaired) electrons. The van der Waals surface area contributed by atoms with Gasteiger partial charge in [-0.1, -0.05) is 60.7 Å².